The van der Waals surface area contributed by atoms with Gasteiger partial charge in [0.05, 0.1) is 17.7 Å². The number of nitro benzene ring substituents is 1. The second kappa shape index (κ2) is 4.29. The molecule has 0 radical (unpaired) electrons. The fourth-order valence-corrected chi connectivity index (χ4v) is 2.33. The van der Waals surface area contributed by atoms with Gasteiger partial charge in [-0.15, -0.1) is 0 Å². The van der Waals surface area contributed by atoms with E-state index in [4.69, 9.17) is 4.74 Å². The highest BCUT2D eigenvalue weighted by molar-refractivity contribution is 5.82. The molecule has 1 aliphatic heterocycles. The van der Waals surface area contributed by atoms with Crippen molar-refractivity contribution in [3.8, 4) is 16.9 Å². The summed E-state index contributed by atoms with van der Waals surface area (Å²) in [4.78, 5) is 25.8. The molecule has 6 nitrogen and oxygen atoms in total. The first-order valence-electron chi connectivity index (χ1n) is 5.76. The monoisotopic (exact) mass is 268 g/mol. The summed E-state index contributed by atoms with van der Waals surface area (Å²) in [7, 11) is 1.32. The number of rotatable bonds is 2. The number of hydrogen-bond donors (Lipinski definition) is 0. The third kappa shape index (κ3) is 1.52. The number of methoxy groups -OCH3 is 1. The molecule has 20 heavy (non-hydrogen) atoms. The summed E-state index contributed by atoms with van der Waals surface area (Å²) in [5.74, 6) is 1.59. The van der Waals surface area contributed by atoms with E-state index in [0.717, 1.165) is 5.56 Å². The van der Waals surface area contributed by atoms with Gasteiger partial charge in [-0.2, -0.15) is 0 Å². The zero-order chi connectivity index (χ0) is 14.3. The van der Waals surface area contributed by atoms with Crippen LogP contribution in [0.1, 0.15) is 0 Å². The van der Waals surface area contributed by atoms with E-state index >= 15 is 0 Å². The number of ether oxygens (including phenoxy) is 1. The van der Waals surface area contributed by atoms with Gasteiger partial charge in [0.25, 0.3) is 0 Å². The first-order chi connectivity index (χ1) is 9.67. The van der Waals surface area contributed by atoms with Crippen molar-refractivity contribution >= 4 is 17.3 Å². The van der Waals surface area contributed by atoms with Gasteiger partial charge in [0.2, 0.25) is 5.75 Å². The van der Waals surface area contributed by atoms with Crippen molar-refractivity contribution in [1.82, 2.24) is 0 Å². The van der Waals surface area contributed by atoms with Crippen LogP contribution in [0.4, 0.5) is 11.4 Å². The molecule has 0 amide bonds. The Morgan fingerprint density at radius 1 is 1.30 bits per heavy atom. The zero-order valence-corrected chi connectivity index (χ0v) is 10.4. The summed E-state index contributed by atoms with van der Waals surface area (Å²) < 4.78 is 5.11. The molecule has 0 N–H and O–H groups in total. The molecule has 3 rings (SSSR count). The summed E-state index contributed by atoms with van der Waals surface area (Å²) in [6, 6.07) is 8.72. The summed E-state index contributed by atoms with van der Waals surface area (Å²) in [5.41, 5.74) is 1.74. The molecule has 0 saturated carbocycles. The number of hydrogen-bond acceptors (Lipinski definition) is 5. The Bertz CT molecular complexity index is 883. The third-order valence-electron chi connectivity index (χ3n) is 3.15. The van der Waals surface area contributed by atoms with Crippen molar-refractivity contribution in [2.75, 3.05) is 7.11 Å². The highest BCUT2D eigenvalue weighted by Gasteiger charge is 2.26. The zero-order valence-electron chi connectivity index (χ0n) is 10.4. The minimum Gasteiger partial charge on any atom is -0.489 e. The number of benzene rings is 2. The van der Waals surface area contributed by atoms with Crippen LogP contribution in [0.25, 0.3) is 11.1 Å². The lowest BCUT2D eigenvalue weighted by molar-refractivity contribution is -0.386. The van der Waals surface area contributed by atoms with E-state index in [1.165, 1.54) is 13.2 Å². The topological polar surface area (TPSA) is 81.8 Å². The Hall–Kier alpha value is -2.98. The SMILES string of the molecule is COc1c([N+](=O)[O-])c(=C=O)cc2c1=Nc1ccccc1-2. The molecule has 0 saturated heterocycles. The van der Waals surface area contributed by atoms with Crippen LogP contribution in [0, 0.1) is 10.1 Å². The Balaban J connectivity index is 2.52. The van der Waals surface area contributed by atoms with E-state index in [2.05, 4.69) is 4.99 Å². The number of para-hydroxylation sites is 1. The molecule has 0 unspecified atom stereocenters. The van der Waals surface area contributed by atoms with E-state index in [1.54, 1.807) is 12.0 Å². The Morgan fingerprint density at radius 2 is 2.05 bits per heavy atom. The minimum absolute atomic E-state index is 0.0120. The molecule has 6 heteroatoms. The summed E-state index contributed by atoms with van der Waals surface area (Å²) >= 11 is 0. The van der Waals surface area contributed by atoms with Crippen molar-refractivity contribution in [2.24, 2.45) is 4.99 Å². The molecule has 0 atom stereocenters. The molecule has 0 bridgehead atoms. The van der Waals surface area contributed by atoms with Gasteiger partial charge in [-0.05, 0) is 12.1 Å². The maximum Gasteiger partial charge on any atom is 0.331 e. The Kier molecular flexibility index (Phi) is 2.59. The van der Waals surface area contributed by atoms with Gasteiger partial charge in [-0.1, -0.05) is 18.2 Å². The van der Waals surface area contributed by atoms with Crippen LogP contribution in [0.15, 0.2) is 35.3 Å². The van der Waals surface area contributed by atoms with Gasteiger partial charge in [-0.3, -0.25) is 10.1 Å². The van der Waals surface area contributed by atoms with E-state index < -0.39 is 10.6 Å². The van der Waals surface area contributed by atoms with Gasteiger partial charge < -0.3 is 4.74 Å². The van der Waals surface area contributed by atoms with Crippen molar-refractivity contribution < 1.29 is 14.5 Å². The lowest BCUT2D eigenvalue weighted by Crippen LogP contribution is -2.19. The van der Waals surface area contributed by atoms with Crippen molar-refractivity contribution in [3.63, 3.8) is 0 Å². The Labute approximate surface area is 112 Å². The summed E-state index contributed by atoms with van der Waals surface area (Å²) in [6.07, 6.45) is 0. The summed E-state index contributed by atoms with van der Waals surface area (Å²) in [6.45, 7) is 0. The van der Waals surface area contributed by atoms with Crippen LogP contribution in [-0.2, 0) is 4.79 Å². The molecule has 1 heterocycles. The first-order valence-corrected chi connectivity index (χ1v) is 5.76. The van der Waals surface area contributed by atoms with Gasteiger partial charge in [0, 0.05) is 11.1 Å². The summed E-state index contributed by atoms with van der Waals surface area (Å²) in [5, 5.41) is 11.4. The molecule has 0 spiro atoms. The Morgan fingerprint density at radius 3 is 2.70 bits per heavy atom. The number of fused-ring (bicyclic) bond motifs is 3. The fourth-order valence-electron chi connectivity index (χ4n) is 2.33. The smallest absolute Gasteiger partial charge is 0.331 e. The highest BCUT2D eigenvalue weighted by atomic mass is 16.6. The van der Waals surface area contributed by atoms with E-state index in [0.29, 0.717) is 16.6 Å². The molecule has 1 aliphatic rings. The molecule has 0 aliphatic carbocycles. The molecule has 0 fully saturated rings. The van der Waals surface area contributed by atoms with Crippen molar-refractivity contribution in [1.29, 1.82) is 0 Å². The highest BCUT2D eigenvalue weighted by Crippen LogP contribution is 2.34. The molecule has 0 aromatic heterocycles. The predicted octanol–water partition coefficient (Wildman–Crippen LogP) is 1.04. The molecule has 2 aromatic carbocycles. The average molecular weight is 268 g/mol. The molecular formula is C14H8N2O4. The number of carbonyl (C=O) groups excluding carboxylic acids is 1. The maximum absolute atomic E-state index is 11.1. The van der Waals surface area contributed by atoms with Crippen molar-refractivity contribution in [2.45, 2.75) is 0 Å². The largest absolute Gasteiger partial charge is 0.489 e. The number of nitro groups is 1. The normalized spacial score (nSPS) is 11.1. The van der Waals surface area contributed by atoms with Crippen LogP contribution in [0.2, 0.25) is 0 Å². The quantitative estimate of drug-likeness (QED) is 0.513. The van der Waals surface area contributed by atoms with Crippen LogP contribution < -0.4 is 15.3 Å². The second-order valence-corrected chi connectivity index (χ2v) is 4.19. The van der Waals surface area contributed by atoms with Gasteiger partial charge in [0.1, 0.15) is 16.5 Å². The van der Waals surface area contributed by atoms with Crippen LogP contribution >= 0.6 is 0 Å². The van der Waals surface area contributed by atoms with Gasteiger partial charge >= 0.3 is 5.69 Å². The minimum atomic E-state index is -0.655. The van der Waals surface area contributed by atoms with Gasteiger partial charge in [0.15, 0.2) is 0 Å². The van der Waals surface area contributed by atoms with Crippen molar-refractivity contribution in [3.05, 3.63) is 51.0 Å². The van der Waals surface area contributed by atoms with Gasteiger partial charge in [-0.25, -0.2) is 9.79 Å². The predicted molar refractivity (Wildman–Crippen MR) is 70.3 cm³/mol. The van der Waals surface area contributed by atoms with Crippen LogP contribution in [0.5, 0.6) is 5.75 Å². The molecular weight excluding hydrogens is 260 g/mol. The third-order valence-corrected chi connectivity index (χ3v) is 3.15. The van der Waals surface area contributed by atoms with Crippen LogP contribution in [-0.4, -0.2) is 18.0 Å². The van der Waals surface area contributed by atoms with E-state index in [9.17, 15) is 14.9 Å². The number of nitrogens with zero attached hydrogens (tertiary/aromatic N) is 2. The standard InChI is InChI=1S/C14H8N2O4/c1-20-14-12-10(6-8(7-17)13(14)16(18)19)9-4-2-3-5-11(9)15-12/h2-6H,1H3. The average Bonchev–Trinajstić information content (AvgIpc) is 2.83. The van der Waals surface area contributed by atoms with E-state index in [1.807, 2.05) is 18.2 Å². The van der Waals surface area contributed by atoms with Crippen LogP contribution in [0.3, 0.4) is 0 Å². The first kappa shape index (κ1) is 12.1. The second-order valence-electron chi connectivity index (χ2n) is 4.19. The fraction of sp³-hybridized carbons (Fsp3) is 0.0714. The van der Waals surface area contributed by atoms with E-state index in [-0.39, 0.29) is 11.0 Å². The molecule has 2 aromatic rings. The lowest BCUT2D eigenvalue weighted by Gasteiger charge is -2.03. The maximum atomic E-state index is 11.1. The lowest BCUT2D eigenvalue weighted by atomic mass is 10.0. The molecule has 98 valence electrons.